The van der Waals surface area contributed by atoms with Crippen LogP contribution in [0.3, 0.4) is 0 Å². The van der Waals surface area contributed by atoms with Crippen molar-refractivity contribution in [2.24, 2.45) is 0 Å². The first kappa shape index (κ1) is 15.0. The van der Waals surface area contributed by atoms with E-state index < -0.39 is 0 Å². The fourth-order valence-electron chi connectivity index (χ4n) is 1.29. The Morgan fingerprint density at radius 1 is 1.12 bits per heavy atom. The summed E-state index contributed by atoms with van der Waals surface area (Å²) in [6.45, 7) is 9.87. The van der Waals surface area contributed by atoms with Crippen LogP contribution in [0.1, 0.15) is 33.4 Å². The average Bonchev–Trinajstić information content (AvgIpc) is 2.72. The number of halogens is 2. The van der Waals surface area contributed by atoms with Crippen LogP contribution in [0.5, 0.6) is 0 Å². The maximum Gasteiger partial charge on any atom is 0.132 e. The summed E-state index contributed by atoms with van der Waals surface area (Å²) in [6.07, 6.45) is 0. The van der Waals surface area contributed by atoms with Crippen molar-refractivity contribution in [1.82, 2.24) is 4.98 Å². The van der Waals surface area contributed by atoms with Gasteiger partial charge in [0.05, 0.1) is 10.5 Å². The number of hydrogen-bond donors (Lipinski definition) is 1. The van der Waals surface area contributed by atoms with E-state index >= 15 is 0 Å². The van der Waals surface area contributed by atoms with Gasteiger partial charge in [-0.15, -0.1) is 0 Å². The van der Waals surface area contributed by atoms with Gasteiger partial charge < -0.3 is 4.98 Å². The van der Waals surface area contributed by atoms with Crippen LogP contribution in [0.25, 0.3) is 10.9 Å². The molecule has 0 unspecified atom stereocenters. The van der Waals surface area contributed by atoms with Gasteiger partial charge in [-0.25, -0.2) is 4.39 Å². The maximum absolute atomic E-state index is 13.1. The molecular formula is C13H19ClFN. The quantitative estimate of drug-likeness (QED) is 0.644. The number of hydrogen-bond acceptors (Lipinski definition) is 0. The molecule has 90 valence electrons. The van der Waals surface area contributed by atoms with E-state index in [0.29, 0.717) is 15.9 Å². The number of aromatic amines is 1. The molecule has 0 radical (unpaired) electrons. The lowest BCUT2D eigenvalue weighted by molar-refractivity contribution is 0.640. The first-order chi connectivity index (χ1) is 7.68. The lowest BCUT2D eigenvalue weighted by atomic mass is 10.2. The molecule has 0 atom stereocenters. The monoisotopic (exact) mass is 243 g/mol. The molecule has 1 nitrogen and oxygen atoms in total. The number of benzene rings is 1. The fourth-order valence-corrected chi connectivity index (χ4v) is 1.50. The van der Waals surface area contributed by atoms with Gasteiger partial charge in [-0.05, 0) is 25.1 Å². The van der Waals surface area contributed by atoms with E-state index in [1.165, 1.54) is 6.07 Å². The third kappa shape index (κ3) is 3.24. The van der Waals surface area contributed by atoms with Crippen LogP contribution in [-0.2, 0) is 0 Å². The second-order valence-electron chi connectivity index (χ2n) is 2.77. The molecule has 0 saturated carbocycles. The van der Waals surface area contributed by atoms with Crippen molar-refractivity contribution >= 4 is 22.5 Å². The average molecular weight is 244 g/mol. The molecule has 1 N–H and O–H groups in total. The van der Waals surface area contributed by atoms with Crippen molar-refractivity contribution in [3.05, 3.63) is 34.7 Å². The minimum absolute atomic E-state index is 0.237. The number of nitrogens with one attached hydrogen (secondary N) is 1. The largest absolute Gasteiger partial charge is 0.357 e. The zero-order valence-corrected chi connectivity index (χ0v) is 11.2. The van der Waals surface area contributed by atoms with Gasteiger partial charge >= 0.3 is 0 Å². The first-order valence-electron chi connectivity index (χ1n) is 5.62. The van der Waals surface area contributed by atoms with E-state index in [0.717, 1.165) is 5.69 Å². The molecule has 0 spiro atoms. The topological polar surface area (TPSA) is 15.8 Å². The van der Waals surface area contributed by atoms with Crippen molar-refractivity contribution in [3.8, 4) is 0 Å². The number of aryl methyl sites for hydroxylation is 1. The summed E-state index contributed by atoms with van der Waals surface area (Å²) >= 11 is 5.84. The van der Waals surface area contributed by atoms with Crippen molar-refractivity contribution in [3.63, 3.8) is 0 Å². The Morgan fingerprint density at radius 2 is 1.69 bits per heavy atom. The summed E-state index contributed by atoms with van der Waals surface area (Å²) in [4.78, 5) is 3.00. The number of aromatic nitrogens is 1. The minimum Gasteiger partial charge on any atom is -0.357 e. The van der Waals surface area contributed by atoms with E-state index in [2.05, 4.69) is 4.98 Å². The minimum atomic E-state index is -0.237. The number of rotatable bonds is 0. The van der Waals surface area contributed by atoms with Gasteiger partial charge in [0.25, 0.3) is 0 Å². The van der Waals surface area contributed by atoms with Crippen LogP contribution in [-0.4, -0.2) is 4.98 Å². The lowest BCUT2D eigenvalue weighted by Gasteiger charge is -1.93. The maximum atomic E-state index is 13.1. The molecule has 0 aliphatic carbocycles. The van der Waals surface area contributed by atoms with Crippen LogP contribution in [0, 0.1) is 12.7 Å². The summed E-state index contributed by atoms with van der Waals surface area (Å²) in [5.74, 6) is -0.237. The zero-order chi connectivity index (χ0) is 12.7. The molecule has 1 heterocycles. The van der Waals surface area contributed by atoms with Gasteiger partial charge in [-0.2, -0.15) is 0 Å². The van der Waals surface area contributed by atoms with E-state index in [4.69, 9.17) is 11.6 Å². The van der Waals surface area contributed by atoms with Crippen molar-refractivity contribution in [2.75, 3.05) is 0 Å². The normalized spacial score (nSPS) is 8.94. The molecule has 0 aliphatic heterocycles. The second kappa shape index (κ2) is 7.29. The van der Waals surface area contributed by atoms with Gasteiger partial charge in [0.15, 0.2) is 0 Å². The van der Waals surface area contributed by atoms with Crippen molar-refractivity contribution in [1.29, 1.82) is 0 Å². The van der Waals surface area contributed by atoms with Gasteiger partial charge in [0, 0.05) is 11.1 Å². The molecule has 0 saturated heterocycles. The highest BCUT2D eigenvalue weighted by molar-refractivity contribution is 6.35. The lowest BCUT2D eigenvalue weighted by Crippen LogP contribution is -1.75. The van der Waals surface area contributed by atoms with Crippen LogP contribution in [0.4, 0.5) is 4.39 Å². The molecular weight excluding hydrogens is 225 g/mol. The third-order valence-corrected chi connectivity index (χ3v) is 2.14. The Balaban J connectivity index is 0.000000509. The molecule has 0 amide bonds. The van der Waals surface area contributed by atoms with Gasteiger partial charge in [-0.3, -0.25) is 0 Å². The smallest absolute Gasteiger partial charge is 0.132 e. The Labute approximate surface area is 102 Å². The summed E-state index contributed by atoms with van der Waals surface area (Å²) in [5.41, 5.74) is 1.59. The van der Waals surface area contributed by atoms with E-state index in [1.807, 2.05) is 34.6 Å². The Hall–Kier alpha value is -1.02. The predicted octanol–water partition coefficient (Wildman–Crippen LogP) is 5.32. The van der Waals surface area contributed by atoms with Crippen molar-refractivity contribution in [2.45, 2.75) is 34.6 Å². The molecule has 2 rings (SSSR count). The highest BCUT2D eigenvalue weighted by atomic mass is 35.5. The van der Waals surface area contributed by atoms with Crippen LogP contribution in [0.15, 0.2) is 18.2 Å². The molecule has 3 heteroatoms. The molecule has 2 aromatic rings. The third-order valence-electron chi connectivity index (χ3n) is 1.82. The second-order valence-corrected chi connectivity index (χ2v) is 3.18. The summed E-state index contributed by atoms with van der Waals surface area (Å²) in [5, 5.41) is 1.11. The summed E-state index contributed by atoms with van der Waals surface area (Å²) in [7, 11) is 0. The molecule has 0 bridgehead atoms. The van der Waals surface area contributed by atoms with Gasteiger partial charge in [-0.1, -0.05) is 39.3 Å². The standard InChI is InChI=1S/C9H7ClFN.2C2H6/c1-5-4-6-8(11)3-2-7(10)9(6)12-5;2*1-2/h2-4,12H,1H3;2*1-2H3. The highest BCUT2D eigenvalue weighted by Crippen LogP contribution is 2.25. The van der Waals surface area contributed by atoms with Crippen LogP contribution >= 0.6 is 11.6 Å². The zero-order valence-electron chi connectivity index (χ0n) is 10.5. The Bertz CT molecular complexity index is 396. The fraction of sp³-hybridized carbons (Fsp3) is 0.385. The Morgan fingerprint density at radius 3 is 2.19 bits per heavy atom. The van der Waals surface area contributed by atoms with E-state index in [1.54, 1.807) is 12.1 Å². The number of fused-ring (bicyclic) bond motifs is 1. The Kier molecular flexibility index (Phi) is 6.82. The van der Waals surface area contributed by atoms with Crippen molar-refractivity contribution < 1.29 is 4.39 Å². The van der Waals surface area contributed by atoms with Crippen LogP contribution < -0.4 is 0 Å². The van der Waals surface area contributed by atoms with Gasteiger partial charge in [0.2, 0.25) is 0 Å². The van der Waals surface area contributed by atoms with E-state index in [-0.39, 0.29) is 5.82 Å². The van der Waals surface area contributed by atoms with E-state index in [9.17, 15) is 4.39 Å². The molecule has 1 aromatic heterocycles. The SMILES string of the molecule is CC.CC.Cc1cc2c(F)ccc(Cl)c2[nH]1. The molecule has 1 aromatic carbocycles. The van der Waals surface area contributed by atoms with Gasteiger partial charge in [0.1, 0.15) is 5.82 Å². The summed E-state index contributed by atoms with van der Waals surface area (Å²) in [6, 6.07) is 4.67. The molecule has 16 heavy (non-hydrogen) atoms. The first-order valence-corrected chi connectivity index (χ1v) is 5.99. The summed E-state index contributed by atoms with van der Waals surface area (Å²) < 4.78 is 13.1. The molecule has 0 aliphatic rings. The molecule has 0 fully saturated rings. The number of H-pyrrole nitrogens is 1. The predicted molar refractivity (Wildman–Crippen MR) is 70.7 cm³/mol. The van der Waals surface area contributed by atoms with Crippen LogP contribution in [0.2, 0.25) is 5.02 Å². The highest BCUT2D eigenvalue weighted by Gasteiger charge is 2.05.